The molecule has 0 bridgehead atoms. The van der Waals surface area contributed by atoms with Gasteiger partial charge >= 0.3 is 0 Å². The van der Waals surface area contributed by atoms with Crippen LogP contribution < -0.4 is 4.74 Å². The second-order valence-corrected chi connectivity index (χ2v) is 10.6. The van der Waals surface area contributed by atoms with E-state index in [1.54, 1.807) is 43.7 Å². The van der Waals surface area contributed by atoms with Crippen LogP contribution in [0.4, 0.5) is 0 Å². The summed E-state index contributed by atoms with van der Waals surface area (Å²) in [6.07, 6.45) is 1.86. The van der Waals surface area contributed by atoms with E-state index >= 15 is 0 Å². The number of imidazole rings is 1. The molecule has 1 saturated heterocycles. The van der Waals surface area contributed by atoms with E-state index in [0.717, 1.165) is 0 Å². The van der Waals surface area contributed by atoms with E-state index in [4.69, 9.17) is 4.74 Å². The Labute approximate surface area is 172 Å². The predicted octanol–water partition coefficient (Wildman–Crippen LogP) is 1.21. The van der Waals surface area contributed by atoms with Gasteiger partial charge in [-0.05, 0) is 32.4 Å². The molecule has 0 aliphatic carbocycles. The molecule has 0 saturated carbocycles. The van der Waals surface area contributed by atoms with Gasteiger partial charge in [-0.2, -0.15) is 8.61 Å². The minimum absolute atomic E-state index is 0.0181. The van der Waals surface area contributed by atoms with Crippen molar-refractivity contribution in [2.75, 3.05) is 32.8 Å². The zero-order valence-corrected chi connectivity index (χ0v) is 18.4. The highest BCUT2D eigenvalue weighted by atomic mass is 32.2. The second-order valence-electron chi connectivity index (χ2n) is 6.78. The van der Waals surface area contributed by atoms with Crippen molar-refractivity contribution >= 4 is 20.0 Å². The van der Waals surface area contributed by atoms with E-state index in [1.165, 1.54) is 20.9 Å². The van der Waals surface area contributed by atoms with Gasteiger partial charge in [-0.25, -0.2) is 21.8 Å². The van der Waals surface area contributed by atoms with Gasteiger partial charge in [-0.1, -0.05) is 12.1 Å². The van der Waals surface area contributed by atoms with Crippen LogP contribution in [0.15, 0.2) is 40.4 Å². The van der Waals surface area contributed by atoms with Crippen molar-refractivity contribution in [1.29, 1.82) is 0 Å². The lowest BCUT2D eigenvalue weighted by Gasteiger charge is -2.22. The molecule has 1 fully saturated rings. The molecular formula is C18H26N4O5S2. The van der Waals surface area contributed by atoms with Crippen LogP contribution in [0.5, 0.6) is 5.75 Å². The number of rotatable bonds is 6. The number of nitrogens with zero attached hydrogens (tertiary/aromatic N) is 4. The molecule has 2 heterocycles. The third kappa shape index (κ3) is 4.32. The highest BCUT2D eigenvalue weighted by Crippen LogP contribution is 2.28. The lowest BCUT2D eigenvalue weighted by atomic mass is 10.3. The zero-order valence-electron chi connectivity index (χ0n) is 16.8. The van der Waals surface area contributed by atoms with Gasteiger partial charge in [-0.15, -0.1) is 0 Å². The summed E-state index contributed by atoms with van der Waals surface area (Å²) >= 11 is 0. The van der Waals surface area contributed by atoms with Gasteiger partial charge in [0, 0.05) is 39.4 Å². The summed E-state index contributed by atoms with van der Waals surface area (Å²) in [6.45, 7) is 4.46. The number of aryl methyl sites for hydroxylation is 2. The molecule has 2 aromatic rings. The Morgan fingerprint density at radius 1 is 1.00 bits per heavy atom. The zero-order chi connectivity index (χ0) is 21.2. The molecular weight excluding hydrogens is 416 g/mol. The van der Waals surface area contributed by atoms with Crippen molar-refractivity contribution in [3.8, 4) is 5.75 Å². The lowest BCUT2D eigenvalue weighted by Crippen LogP contribution is -2.37. The molecule has 0 atom stereocenters. The Balaban J connectivity index is 1.83. The van der Waals surface area contributed by atoms with Crippen LogP contribution >= 0.6 is 0 Å². The van der Waals surface area contributed by atoms with Gasteiger partial charge in [-0.3, -0.25) is 0 Å². The summed E-state index contributed by atoms with van der Waals surface area (Å²) in [7, 11) is -5.86. The Morgan fingerprint density at radius 3 is 2.21 bits per heavy atom. The van der Waals surface area contributed by atoms with Crippen molar-refractivity contribution in [3.05, 3.63) is 36.3 Å². The van der Waals surface area contributed by atoms with Gasteiger partial charge in [0.2, 0.25) is 10.0 Å². The molecule has 0 radical (unpaired) electrons. The molecule has 0 spiro atoms. The predicted molar refractivity (Wildman–Crippen MR) is 108 cm³/mol. The molecule has 1 aliphatic rings. The first-order valence-electron chi connectivity index (χ1n) is 9.40. The van der Waals surface area contributed by atoms with Gasteiger partial charge in [0.1, 0.15) is 16.5 Å². The molecule has 1 aromatic carbocycles. The molecule has 0 unspecified atom stereocenters. The summed E-state index contributed by atoms with van der Waals surface area (Å²) < 4.78 is 62.0. The van der Waals surface area contributed by atoms with Crippen LogP contribution in [0.2, 0.25) is 0 Å². The SMILES string of the molecule is CCOc1ccccc1S(=O)(=O)N1CCCN(S(=O)(=O)c2cn(C)c(C)n2)CC1. The van der Waals surface area contributed by atoms with Crippen LogP contribution in [0, 0.1) is 6.92 Å². The minimum Gasteiger partial charge on any atom is -0.492 e. The molecule has 1 aromatic heterocycles. The first-order chi connectivity index (χ1) is 13.7. The molecule has 11 heteroatoms. The summed E-state index contributed by atoms with van der Waals surface area (Å²) in [5.74, 6) is 0.891. The largest absolute Gasteiger partial charge is 0.492 e. The van der Waals surface area contributed by atoms with Gasteiger partial charge in [0.15, 0.2) is 5.03 Å². The van der Waals surface area contributed by atoms with Crippen LogP contribution in [-0.4, -0.2) is 67.8 Å². The summed E-state index contributed by atoms with van der Waals surface area (Å²) in [5.41, 5.74) is 0. The fourth-order valence-corrected chi connectivity index (χ4v) is 6.31. The Hall–Kier alpha value is -1.95. The van der Waals surface area contributed by atoms with Crippen LogP contribution in [-0.2, 0) is 27.1 Å². The van der Waals surface area contributed by atoms with Crippen LogP contribution in [0.1, 0.15) is 19.2 Å². The fraction of sp³-hybridized carbons (Fsp3) is 0.500. The monoisotopic (exact) mass is 442 g/mol. The topological polar surface area (TPSA) is 102 Å². The number of benzene rings is 1. The van der Waals surface area contributed by atoms with Crippen molar-refractivity contribution in [2.24, 2.45) is 7.05 Å². The van der Waals surface area contributed by atoms with Crippen molar-refractivity contribution in [2.45, 2.75) is 30.2 Å². The summed E-state index contributed by atoms with van der Waals surface area (Å²) in [4.78, 5) is 4.22. The number of sulfonamides is 2. The Morgan fingerprint density at radius 2 is 1.62 bits per heavy atom. The molecule has 9 nitrogen and oxygen atoms in total. The number of aromatic nitrogens is 2. The average molecular weight is 443 g/mol. The van der Waals surface area contributed by atoms with E-state index in [-0.39, 0.29) is 36.1 Å². The first-order valence-corrected chi connectivity index (χ1v) is 12.3. The Bertz CT molecular complexity index is 1060. The van der Waals surface area contributed by atoms with Gasteiger partial charge in [0.25, 0.3) is 10.0 Å². The molecule has 29 heavy (non-hydrogen) atoms. The number of hydrogen-bond donors (Lipinski definition) is 0. The molecule has 0 N–H and O–H groups in total. The standard InChI is InChI=1S/C18H26N4O5S2/c1-4-27-16-8-5-6-9-17(16)28(23,24)21-10-7-11-22(13-12-21)29(25,26)18-14-20(3)15(2)19-18/h5-6,8-9,14H,4,7,10-13H2,1-3H3. The van der Waals surface area contributed by atoms with E-state index in [9.17, 15) is 16.8 Å². The lowest BCUT2D eigenvalue weighted by molar-refractivity contribution is 0.328. The van der Waals surface area contributed by atoms with E-state index in [0.29, 0.717) is 24.6 Å². The van der Waals surface area contributed by atoms with Crippen molar-refractivity contribution < 1.29 is 21.6 Å². The highest BCUT2D eigenvalue weighted by Gasteiger charge is 2.34. The van der Waals surface area contributed by atoms with E-state index in [2.05, 4.69) is 4.98 Å². The molecule has 160 valence electrons. The summed E-state index contributed by atoms with van der Waals surface area (Å²) in [6, 6.07) is 6.49. The van der Waals surface area contributed by atoms with E-state index in [1.807, 2.05) is 0 Å². The van der Waals surface area contributed by atoms with Gasteiger partial charge < -0.3 is 9.30 Å². The maximum Gasteiger partial charge on any atom is 0.262 e. The maximum absolute atomic E-state index is 13.2. The van der Waals surface area contributed by atoms with Gasteiger partial charge in [0.05, 0.1) is 6.61 Å². The number of hydrogen-bond acceptors (Lipinski definition) is 6. The minimum atomic E-state index is -3.81. The normalized spacial score (nSPS) is 17.2. The van der Waals surface area contributed by atoms with Crippen molar-refractivity contribution in [1.82, 2.24) is 18.2 Å². The summed E-state index contributed by atoms with van der Waals surface area (Å²) in [5, 5.41) is -0.0181. The molecule has 1 aliphatic heterocycles. The quantitative estimate of drug-likeness (QED) is 0.666. The van der Waals surface area contributed by atoms with Crippen LogP contribution in [0.3, 0.4) is 0 Å². The van der Waals surface area contributed by atoms with E-state index < -0.39 is 20.0 Å². The fourth-order valence-electron chi connectivity index (χ4n) is 3.21. The van der Waals surface area contributed by atoms with Crippen LogP contribution in [0.25, 0.3) is 0 Å². The first kappa shape index (κ1) is 21.8. The highest BCUT2D eigenvalue weighted by molar-refractivity contribution is 7.89. The average Bonchev–Trinajstić information content (AvgIpc) is 2.87. The molecule has 3 rings (SSSR count). The smallest absolute Gasteiger partial charge is 0.262 e. The number of ether oxygens (including phenoxy) is 1. The second kappa shape index (κ2) is 8.42. The third-order valence-electron chi connectivity index (χ3n) is 4.87. The Kier molecular flexibility index (Phi) is 6.32. The molecule has 0 amide bonds. The maximum atomic E-state index is 13.2. The third-order valence-corrected chi connectivity index (χ3v) is 8.58. The van der Waals surface area contributed by atoms with Crippen molar-refractivity contribution in [3.63, 3.8) is 0 Å². The number of para-hydroxylation sites is 1.